The normalized spacial score (nSPS) is 22.6. The van der Waals surface area contributed by atoms with Crippen molar-refractivity contribution in [1.82, 2.24) is 19.8 Å². The lowest BCUT2D eigenvalue weighted by atomic mass is 9.73. The zero-order valence-corrected chi connectivity index (χ0v) is 19.0. The molecule has 2 aliphatic rings. The molecule has 4 rings (SSSR count). The lowest BCUT2D eigenvalue weighted by Gasteiger charge is -2.41. The summed E-state index contributed by atoms with van der Waals surface area (Å²) >= 11 is 0. The largest absolute Gasteiger partial charge is 0.491 e. The minimum atomic E-state index is -0.260. The van der Waals surface area contributed by atoms with E-state index in [-0.39, 0.29) is 17.4 Å². The first-order valence-electron chi connectivity index (χ1n) is 11.8. The summed E-state index contributed by atoms with van der Waals surface area (Å²) < 4.78 is 8.26. The zero-order valence-electron chi connectivity index (χ0n) is 19.0. The molecular weight excluding hydrogens is 388 g/mol. The fraction of sp³-hybridized carbons (Fsp3) is 0.600. The average molecular weight is 425 g/mol. The second-order valence-electron chi connectivity index (χ2n) is 9.19. The van der Waals surface area contributed by atoms with Crippen LogP contribution in [0.1, 0.15) is 57.3 Å². The summed E-state index contributed by atoms with van der Waals surface area (Å²) in [5.74, 6) is 2.29. The molecule has 1 spiro atoms. The van der Waals surface area contributed by atoms with E-state index in [4.69, 9.17) is 4.74 Å². The van der Waals surface area contributed by atoms with E-state index in [2.05, 4.69) is 38.8 Å². The maximum Gasteiger partial charge on any atom is 0.226 e. The van der Waals surface area contributed by atoms with Gasteiger partial charge in [-0.05, 0) is 70.7 Å². The van der Waals surface area contributed by atoms with Crippen LogP contribution in [0.2, 0.25) is 0 Å². The van der Waals surface area contributed by atoms with Crippen molar-refractivity contribution in [2.24, 2.45) is 5.41 Å². The number of para-hydroxylation sites is 1. The van der Waals surface area contributed by atoms with E-state index in [1.54, 1.807) is 0 Å². The SMILES string of the molecule is CCn1ccnc1CN1CCC2(CCCCc3ccccc3OC[C@@H](C)NC2=O)CC1. The van der Waals surface area contributed by atoms with Crippen molar-refractivity contribution >= 4 is 5.91 Å². The number of rotatable bonds is 3. The summed E-state index contributed by atoms with van der Waals surface area (Å²) in [6.07, 6.45) is 9.87. The third-order valence-electron chi connectivity index (χ3n) is 6.99. The molecule has 0 bridgehead atoms. The standard InChI is InChI=1S/C25H36N4O2/c1-3-29-17-14-26-23(29)18-28-15-12-25(13-16-28)11-7-6-9-21-8-4-5-10-22(21)31-19-20(2)27-24(25)30/h4-5,8,10,14,17,20H,3,6-7,9,11-13,15-16,18-19H2,1-2H3,(H,27,30)/t20-/m1/s1. The molecule has 168 valence electrons. The van der Waals surface area contributed by atoms with Crippen molar-refractivity contribution in [3.05, 3.63) is 48.0 Å². The third kappa shape index (κ3) is 5.12. The van der Waals surface area contributed by atoms with Gasteiger partial charge in [0, 0.05) is 18.9 Å². The Hall–Kier alpha value is -2.34. The van der Waals surface area contributed by atoms with Crippen molar-refractivity contribution in [1.29, 1.82) is 0 Å². The van der Waals surface area contributed by atoms with E-state index in [9.17, 15) is 4.79 Å². The van der Waals surface area contributed by atoms with Crippen LogP contribution >= 0.6 is 0 Å². The number of carbonyl (C=O) groups excluding carboxylic acids is 1. The number of carbonyl (C=O) groups is 1. The molecule has 6 nitrogen and oxygen atoms in total. The van der Waals surface area contributed by atoms with Gasteiger partial charge in [-0.3, -0.25) is 9.69 Å². The van der Waals surface area contributed by atoms with Gasteiger partial charge in [0.25, 0.3) is 0 Å². The molecule has 1 N–H and O–H groups in total. The third-order valence-corrected chi connectivity index (χ3v) is 6.99. The second kappa shape index (κ2) is 9.86. The number of hydrogen-bond donors (Lipinski definition) is 1. The number of nitrogens with one attached hydrogen (secondary N) is 1. The number of hydrogen-bond acceptors (Lipinski definition) is 4. The minimum absolute atomic E-state index is 0.00748. The maximum absolute atomic E-state index is 13.4. The van der Waals surface area contributed by atoms with Crippen molar-refractivity contribution < 1.29 is 9.53 Å². The second-order valence-corrected chi connectivity index (χ2v) is 9.19. The van der Waals surface area contributed by atoms with Gasteiger partial charge in [0.15, 0.2) is 0 Å². The van der Waals surface area contributed by atoms with E-state index < -0.39 is 0 Å². The highest BCUT2D eigenvalue weighted by Gasteiger charge is 2.41. The molecule has 2 aliphatic heterocycles. The molecule has 6 heteroatoms. The number of imidazole rings is 1. The molecule has 1 amide bonds. The number of amides is 1. The molecule has 0 aliphatic carbocycles. The Kier molecular flexibility index (Phi) is 6.96. The summed E-state index contributed by atoms with van der Waals surface area (Å²) in [4.78, 5) is 20.4. The van der Waals surface area contributed by atoms with Crippen LogP contribution in [0.3, 0.4) is 0 Å². The molecule has 1 saturated heterocycles. The van der Waals surface area contributed by atoms with Gasteiger partial charge >= 0.3 is 0 Å². The van der Waals surface area contributed by atoms with Gasteiger partial charge in [-0.25, -0.2) is 4.98 Å². The molecule has 0 saturated carbocycles. The highest BCUT2D eigenvalue weighted by Crippen LogP contribution is 2.38. The Morgan fingerprint density at radius 1 is 1.19 bits per heavy atom. The van der Waals surface area contributed by atoms with Crippen LogP contribution in [-0.4, -0.2) is 46.1 Å². The number of benzene rings is 1. The van der Waals surface area contributed by atoms with E-state index in [1.165, 1.54) is 5.56 Å². The topological polar surface area (TPSA) is 59.4 Å². The summed E-state index contributed by atoms with van der Waals surface area (Å²) in [5.41, 5.74) is 1.01. The lowest BCUT2D eigenvalue weighted by Crippen LogP contribution is -2.51. The number of ether oxygens (including phenoxy) is 1. The van der Waals surface area contributed by atoms with Crippen LogP contribution in [-0.2, 0) is 24.3 Å². The van der Waals surface area contributed by atoms with Crippen molar-refractivity contribution in [3.8, 4) is 5.75 Å². The van der Waals surface area contributed by atoms with Crippen molar-refractivity contribution in [2.45, 2.75) is 71.5 Å². The minimum Gasteiger partial charge on any atom is -0.491 e. The Morgan fingerprint density at radius 2 is 2.00 bits per heavy atom. The highest BCUT2D eigenvalue weighted by molar-refractivity contribution is 5.83. The van der Waals surface area contributed by atoms with Crippen LogP contribution < -0.4 is 10.1 Å². The molecule has 0 radical (unpaired) electrons. The van der Waals surface area contributed by atoms with Crippen molar-refractivity contribution in [3.63, 3.8) is 0 Å². The van der Waals surface area contributed by atoms with Crippen LogP contribution in [0.15, 0.2) is 36.7 Å². The van der Waals surface area contributed by atoms with Crippen LogP contribution in [0.4, 0.5) is 0 Å². The number of likely N-dealkylation sites (tertiary alicyclic amines) is 1. The summed E-state index contributed by atoms with van der Waals surface area (Å²) in [5, 5.41) is 3.27. The average Bonchev–Trinajstić information content (AvgIpc) is 3.23. The van der Waals surface area contributed by atoms with Gasteiger partial charge in [-0.2, -0.15) is 0 Å². The monoisotopic (exact) mass is 424 g/mol. The molecule has 0 unspecified atom stereocenters. The predicted octanol–water partition coefficient (Wildman–Crippen LogP) is 3.80. The molecule has 3 heterocycles. The van der Waals surface area contributed by atoms with Gasteiger partial charge in [-0.15, -0.1) is 0 Å². The Labute approximate surface area is 186 Å². The first-order chi connectivity index (χ1) is 15.1. The highest BCUT2D eigenvalue weighted by atomic mass is 16.5. The number of nitrogens with zero attached hydrogens (tertiary/aromatic N) is 3. The van der Waals surface area contributed by atoms with E-state index in [0.29, 0.717) is 6.61 Å². The summed E-state index contributed by atoms with van der Waals surface area (Å²) in [6, 6.07) is 8.30. The molecular formula is C25H36N4O2. The molecule has 1 fully saturated rings. The van der Waals surface area contributed by atoms with Crippen LogP contribution in [0.5, 0.6) is 5.75 Å². The quantitative estimate of drug-likeness (QED) is 0.814. The fourth-order valence-corrected chi connectivity index (χ4v) is 4.97. The number of aryl methyl sites for hydroxylation is 2. The van der Waals surface area contributed by atoms with E-state index in [1.807, 2.05) is 31.5 Å². The molecule has 1 aromatic carbocycles. The molecule has 1 aromatic heterocycles. The van der Waals surface area contributed by atoms with Gasteiger partial charge < -0.3 is 14.6 Å². The van der Waals surface area contributed by atoms with Crippen LogP contribution in [0, 0.1) is 5.41 Å². The Bertz CT molecular complexity index is 870. The summed E-state index contributed by atoms with van der Waals surface area (Å²) in [6.45, 7) is 8.38. The van der Waals surface area contributed by atoms with Crippen molar-refractivity contribution in [2.75, 3.05) is 19.7 Å². The number of fused-ring (bicyclic) bond motifs is 1. The fourth-order valence-electron chi connectivity index (χ4n) is 4.97. The number of aromatic nitrogens is 2. The van der Waals surface area contributed by atoms with Gasteiger partial charge in [0.1, 0.15) is 18.2 Å². The van der Waals surface area contributed by atoms with Gasteiger partial charge in [0.05, 0.1) is 18.0 Å². The Morgan fingerprint density at radius 3 is 2.81 bits per heavy atom. The zero-order chi connectivity index (χ0) is 21.7. The Balaban J connectivity index is 1.42. The maximum atomic E-state index is 13.4. The van der Waals surface area contributed by atoms with Crippen LogP contribution in [0.25, 0.3) is 0 Å². The van der Waals surface area contributed by atoms with E-state index >= 15 is 0 Å². The summed E-state index contributed by atoms with van der Waals surface area (Å²) in [7, 11) is 0. The number of piperidine rings is 1. The molecule has 31 heavy (non-hydrogen) atoms. The first-order valence-corrected chi connectivity index (χ1v) is 11.8. The lowest BCUT2D eigenvalue weighted by molar-refractivity contribution is -0.135. The molecule has 2 aromatic rings. The van der Waals surface area contributed by atoms with Gasteiger partial charge in [0.2, 0.25) is 5.91 Å². The predicted molar refractivity (Wildman–Crippen MR) is 122 cm³/mol. The smallest absolute Gasteiger partial charge is 0.226 e. The van der Waals surface area contributed by atoms with E-state index in [0.717, 1.165) is 76.3 Å². The first kappa shape index (κ1) is 21.9. The van der Waals surface area contributed by atoms with Gasteiger partial charge in [-0.1, -0.05) is 24.6 Å². The molecule has 1 atom stereocenters.